The summed E-state index contributed by atoms with van der Waals surface area (Å²) in [5.74, 6) is 0. The summed E-state index contributed by atoms with van der Waals surface area (Å²) in [6.07, 6.45) is 3.62. The van der Waals surface area contributed by atoms with E-state index >= 15 is 0 Å². The van der Waals surface area contributed by atoms with Gasteiger partial charge in [-0.2, -0.15) is 0 Å². The number of nitrogens with two attached hydrogens (primary N) is 1. The number of nitrogens with zero attached hydrogens (tertiary/aromatic N) is 2. The molecule has 3 atom stereocenters. The van der Waals surface area contributed by atoms with Crippen molar-refractivity contribution in [2.45, 2.75) is 76.1 Å². The third-order valence-corrected chi connectivity index (χ3v) is 8.78. The summed E-state index contributed by atoms with van der Waals surface area (Å²) >= 11 is 0. The number of aromatic nitrogens is 2. The minimum absolute atomic E-state index is 0.0569. The van der Waals surface area contributed by atoms with Gasteiger partial charge in [-0.15, -0.1) is 0 Å². The van der Waals surface area contributed by atoms with Gasteiger partial charge in [-0.25, -0.2) is 8.93 Å². The van der Waals surface area contributed by atoms with Crippen LogP contribution in [0.5, 0.6) is 0 Å². The second kappa shape index (κ2) is 13.4. The Labute approximate surface area is 243 Å². The van der Waals surface area contributed by atoms with E-state index in [9.17, 15) is 4.21 Å². The number of rotatable bonds is 8. The van der Waals surface area contributed by atoms with Crippen LogP contribution in [0.15, 0.2) is 109 Å². The van der Waals surface area contributed by atoms with Crippen LogP contribution in [0.25, 0.3) is 0 Å². The lowest BCUT2D eigenvalue weighted by Gasteiger charge is -2.36. The number of hydrogen-bond donors (Lipinski definition) is 2. The van der Waals surface area contributed by atoms with Crippen molar-refractivity contribution in [1.29, 1.82) is 0 Å². The molecule has 0 aliphatic rings. The quantitative estimate of drug-likeness (QED) is 0.240. The standard InChI is InChI=1S/C19H26N2OS.C15H18N2/c1-18(2,3)23(22)21-17(15-11-7-6-8-12-15)19(4,5)16-13-9-10-14-20-16;1-15(2,13-10-6-7-11-17-13)14(16)12-8-4-3-5-9-12/h6-14,17,21H,1-5H3;3-11,14H,16H2,1-2H3/t17-,23+;14-/m00/s1. The van der Waals surface area contributed by atoms with Crippen LogP contribution in [0.1, 0.15) is 83.1 Å². The first-order chi connectivity index (χ1) is 18.8. The Bertz CT molecular complexity index is 1320. The highest BCUT2D eigenvalue weighted by Gasteiger charge is 2.36. The van der Waals surface area contributed by atoms with E-state index in [1.54, 1.807) is 6.20 Å². The normalized spacial score (nSPS) is 14.4. The molecule has 4 aromatic rings. The molecule has 0 spiro atoms. The Balaban J connectivity index is 0.000000230. The first kappa shape index (κ1) is 31.3. The fourth-order valence-electron chi connectivity index (χ4n) is 4.43. The molecule has 0 radical (unpaired) electrons. The highest BCUT2D eigenvalue weighted by Crippen LogP contribution is 2.37. The smallest absolute Gasteiger partial charge is 0.0976 e. The molecule has 2 aromatic carbocycles. The van der Waals surface area contributed by atoms with E-state index in [4.69, 9.17) is 5.73 Å². The summed E-state index contributed by atoms with van der Waals surface area (Å²) in [5, 5.41) is 0. The molecule has 40 heavy (non-hydrogen) atoms. The molecule has 0 aliphatic heterocycles. The van der Waals surface area contributed by atoms with Crippen LogP contribution in [0.4, 0.5) is 0 Å². The fourth-order valence-corrected chi connectivity index (χ4v) is 5.43. The van der Waals surface area contributed by atoms with Crippen LogP contribution in [0.3, 0.4) is 0 Å². The van der Waals surface area contributed by atoms with Gasteiger partial charge < -0.3 is 5.73 Å². The molecular formula is C34H44N4OS. The second-order valence-electron chi connectivity index (χ2n) is 12.1. The lowest BCUT2D eigenvalue weighted by atomic mass is 9.78. The zero-order valence-corrected chi connectivity index (χ0v) is 25.7. The van der Waals surface area contributed by atoms with Crippen molar-refractivity contribution in [2.75, 3.05) is 0 Å². The lowest BCUT2D eigenvalue weighted by molar-refractivity contribution is 0.383. The average Bonchev–Trinajstić information content (AvgIpc) is 2.97. The topological polar surface area (TPSA) is 80.9 Å². The van der Waals surface area contributed by atoms with Crippen LogP contribution in [0, 0.1) is 0 Å². The third-order valence-electron chi connectivity index (χ3n) is 7.22. The molecule has 6 heteroatoms. The average molecular weight is 557 g/mol. The number of hydrogen-bond acceptors (Lipinski definition) is 4. The molecule has 0 unspecified atom stereocenters. The van der Waals surface area contributed by atoms with Crippen molar-refractivity contribution in [3.8, 4) is 0 Å². The Kier molecular flexibility index (Phi) is 10.5. The van der Waals surface area contributed by atoms with E-state index in [2.05, 4.69) is 66.7 Å². The summed E-state index contributed by atoms with van der Waals surface area (Å²) in [5.41, 5.74) is 10.1. The first-order valence-corrected chi connectivity index (χ1v) is 14.9. The molecule has 0 bridgehead atoms. The molecule has 2 heterocycles. The SMILES string of the molecule is CC(C)(c1ccccn1)[C@@H](N)c1ccccc1.CC(C)(c1ccccn1)[C@@H](N[S@](=O)C(C)(C)C)c1ccccc1. The predicted molar refractivity (Wildman–Crippen MR) is 168 cm³/mol. The number of pyridine rings is 2. The van der Waals surface area contributed by atoms with Gasteiger partial charge in [0.05, 0.1) is 21.8 Å². The van der Waals surface area contributed by atoms with E-state index in [1.165, 1.54) is 0 Å². The lowest BCUT2D eigenvalue weighted by Crippen LogP contribution is -2.43. The molecule has 0 amide bonds. The van der Waals surface area contributed by atoms with E-state index in [1.807, 2.05) is 99.8 Å². The maximum Gasteiger partial charge on any atom is 0.0976 e. The van der Waals surface area contributed by atoms with Crippen LogP contribution in [-0.2, 0) is 21.8 Å². The van der Waals surface area contributed by atoms with Crippen molar-refractivity contribution in [2.24, 2.45) is 5.73 Å². The molecule has 212 valence electrons. The highest BCUT2D eigenvalue weighted by molar-refractivity contribution is 7.84. The van der Waals surface area contributed by atoms with E-state index in [0.29, 0.717) is 0 Å². The Morgan fingerprint density at radius 2 is 1.05 bits per heavy atom. The zero-order chi connectivity index (χ0) is 29.4. The highest BCUT2D eigenvalue weighted by atomic mass is 32.2. The van der Waals surface area contributed by atoms with Gasteiger partial charge in [0, 0.05) is 40.7 Å². The monoisotopic (exact) mass is 556 g/mol. The van der Waals surface area contributed by atoms with Gasteiger partial charge in [-0.3, -0.25) is 9.97 Å². The van der Waals surface area contributed by atoms with Crippen molar-refractivity contribution < 1.29 is 4.21 Å². The van der Waals surface area contributed by atoms with Gasteiger partial charge in [0.2, 0.25) is 0 Å². The van der Waals surface area contributed by atoms with Gasteiger partial charge in [0.25, 0.3) is 0 Å². The molecule has 5 nitrogen and oxygen atoms in total. The van der Waals surface area contributed by atoms with Gasteiger partial charge in [0.1, 0.15) is 0 Å². The summed E-state index contributed by atoms with van der Waals surface area (Å²) in [6.45, 7) is 14.5. The third kappa shape index (κ3) is 7.94. The van der Waals surface area contributed by atoms with Gasteiger partial charge in [0.15, 0.2) is 0 Å². The maximum atomic E-state index is 12.7. The largest absolute Gasteiger partial charge is 0.323 e. The van der Waals surface area contributed by atoms with Crippen molar-refractivity contribution in [3.63, 3.8) is 0 Å². The molecule has 0 aliphatic carbocycles. The summed E-state index contributed by atoms with van der Waals surface area (Å²) in [6, 6.07) is 32.1. The second-order valence-corrected chi connectivity index (χ2v) is 14.1. The van der Waals surface area contributed by atoms with E-state index in [0.717, 1.165) is 22.5 Å². The molecule has 0 saturated heterocycles. The van der Waals surface area contributed by atoms with Crippen LogP contribution in [-0.4, -0.2) is 18.9 Å². The first-order valence-electron chi connectivity index (χ1n) is 13.7. The van der Waals surface area contributed by atoms with Gasteiger partial charge in [-0.05, 0) is 56.2 Å². The maximum absolute atomic E-state index is 12.7. The molecule has 3 N–H and O–H groups in total. The zero-order valence-electron chi connectivity index (χ0n) is 24.8. The minimum Gasteiger partial charge on any atom is -0.323 e. The molecule has 0 fully saturated rings. The number of nitrogens with one attached hydrogen (secondary N) is 1. The summed E-state index contributed by atoms with van der Waals surface area (Å²) < 4.78 is 15.7. The van der Waals surface area contributed by atoms with Crippen LogP contribution >= 0.6 is 0 Å². The van der Waals surface area contributed by atoms with E-state index < -0.39 is 11.0 Å². The van der Waals surface area contributed by atoms with Crippen molar-refractivity contribution >= 4 is 11.0 Å². The predicted octanol–water partition coefficient (Wildman–Crippen LogP) is 7.21. The molecular weight excluding hydrogens is 512 g/mol. The Hall–Kier alpha value is -3.19. The fraction of sp³-hybridized carbons (Fsp3) is 0.353. The molecule has 2 aromatic heterocycles. The van der Waals surface area contributed by atoms with Crippen molar-refractivity contribution in [1.82, 2.24) is 14.7 Å². The summed E-state index contributed by atoms with van der Waals surface area (Å²) in [7, 11) is -1.17. The van der Waals surface area contributed by atoms with E-state index in [-0.39, 0.29) is 27.7 Å². The van der Waals surface area contributed by atoms with Gasteiger partial charge >= 0.3 is 0 Å². The van der Waals surface area contributed by atoms with Crippen LogP contribution in [0.2, 0.25) is 0 Å². The molecule has 0 saturated carbocycles. The Morgan fingerprint density at radius 3 is 1.48 bits per heavy atom. The Morgan fingerprint density at radius 1 is 0.625 bits per heavy atom. The number of benzene rings is 2. The van der Waals surface area contributed by atoms with Gasteiger partial charge in [-0.1, -0.05) is 100 Å². The van der Waals surface area contributed by atoms with Crippen LogP contribution < -0.4 is 10.5 Å². The minimum atomic E-state index is -1.17. The van der Waals surface area contributed by atoms with Crippen molar-refractivity contribution in [3.05, 3.63) is 132 Å². The summed E-state index contributed by atoms with van der Waals surface area (Å²) in [4.78, 5) is 8.94. The molecule has 4 rings (SSSR count).